The van der Waals surface area contributed by atoms with Gasteiger partial charge in [0.2, 0.25) is 5.91 Å². The van der Waals surface area contributed by atoms with E-state index in [1.54, 1.807) is 13.0 Å². The zero-order chi connectivity index (χ0) is 53.4. The Bertz CT molecular complexity index is 1490. The van der Waals surface area contributed by atoms with E-state index in [0.29, 0.717) is 6.42 Å². The van der Waals surface area contributed by atoms with E-state index in [4.69, 9.17) is 28.4 Å². The molecule has 73 heavy (non-hydrogen) atoms. The first-order valence-electron chi connectivity index (χ1n) is 27.7. The van der Waals surface area contributed by atoms with E-state index in [2.05, 4.69) is 36.5 Å². The van der Waals surface area contributed by atoms with E-state index in [1.807, 2.05) is 0 Å². The van der Waals surface area contributed by atoms with Crippen LogP contribution < -0.4 is 5.32 Å². The molecular formula is C54H97NO18. The van der Waals surface area contributed by atoms with Crippen molar-refractivity contribution in [2.24, 2.45) is 0 Å². The SMILES string of the molecule is CCCCCCCCCCCCCCCCCCCC/C=C/CC/C=C/CC/C=C/C(O)C(COC1OC(CO)C(OC2OC(CO)C(OC3OC(CO)C(O)C(O)C3O)C(O)C2O)C(O)C1O)NC(=O)CC. The van der Waals surface area contributed by atoms with Crippen LogP contribution in [0.25, 0.3) is 0 Å². The van der Waals surface area contributed by atoms with Gasteiger partial charge in [0.05, 0.1) is 38.6 Å². The third-order valence-corrected chi connectivity index (χ3v) is 14.0. The van der Waals surface area contributed by atoms with Gasteiger partial charge < -0.3 is 89.9 Å². The Balaban J connectivity index is 1.32. The molecule has 3 saturated heterocycles. The molecule has 17 atom stereocenters. The van der Waals surface area contributed by atoms with Gasteiger partial charge in [-0.1, -0.05) is 159 Å². The summed E-state index contributed by atoms with van der Waals surface area (Å²) >= 11 is 0. The van der Waals surface area contributed by atoms with E-state index in [9.17, 15) is 61.0 Å². The molecule has 3 fully saturated rings. The highest BCUT2D eigenvalue weighted by molar-refractivity contribution is 5.75. The number of rotatable bonds is 39. The Hall–Kier alpha value is -1.99. The second kappa shape index (κ2) is 38.5. The van der Waals surface area contributed by atoms with Crippen LogP contribution in [0.1, 0.15) is 168 Å². The first-order valence-corrected chi connectivity index (χ1v) is 27.7. The predicted octanol–water partition coefficient (Wildman–Crippen LogP) is 3.37. The summed E-state index contributed by atoms with van der Waals surface area (Å²) in [6.45, 7) is 1.10. The van der Waals surface area contributed by atoms with Gasteiger partial charge in [0.1, 0.15) is 73.2 Å². The van der Waals surface area contributed by atoms with Crippen molar-refractivity contribution < 1.29 is 89.4 Å². The molecule has 12 N–H and O–H groups in total. The highest BCUT2D eigenvalue weighted by Gasteiger charge is 2.53. The molecule has 426 valence electrons. The highest BCUT2D eigenvalue weighted by atomic mass is 16.8. The quantitative estimate of drug-likeness (QED) is 0.0310. The summed E-state index contributed by atoms with van der Waals surface area (Å²) in [5.74, 6) is -0.379. The molecule has 1 amide bonds. The summed E-state index contributed by atoms with van der Waals surface area (Å²) in [7, 11) is 0. The van der Waals surface area contributed by atoms with Crippen LogP contribution >= 0.6 is 0 Å². The highest BCUT2D eigenvalue weighted by Crippen LogP contribution is 2.33. The van der Waals surface area contributed by atoms with Crippen molar-refractivity contribution in [3.05, 3.63) is 36.5 Å². The Morgan fingerprint density at radius 3 is 1.32 bits per heavy atom. The van der Waals surface area contributed by atoms with Gasteiger partial charge in [0.25, 0.3) is 0 Å². The third-order valence-electron chi connectivity index (χ3n) is 14.0. The summed E-state index contributed by atoms with van der Waals surface area (Å²) in [6, 6.07) is -0.990. The van der Waals surface area contributed by atoms with Gasteiger partial charge in [0.15, 0.2) is 18.9 Å². The largest absolute Gasteiger partial charge is 0.394 e. The number of carbonyl (C=O) groups is 1. The van der Waals surface area contributed by atoms with Crippen LogP contribution in [0.5, 0.6) is 0 Å². The van der Waals surface area contributed by atoms with Crippen LogP contribution in [0, 0.1) is 0 Å². The van der Waals surface area contributed by atoms with Crippen LogP contribution in [-0.2, 0) is 33.2 Å². The van der Waals surface area contributed by atoms with Crippen LogP contribution in [0.2, 0.25) is 0 Å². The lowest BCUT2D eigenvalue weighted by Crippen LogP contribution is -2.66. The van der Waals surface area contributed by atoms with E-state index >= 15 is 0 Å². The van der Waals surface area contributed by atoms with Crippen LogP contribution in [0.15, 0.2) is 36.5 Å². The summed E-state index contributed by atoms with van der Waals surface area (Å²) < 4.78 is 33.7. The second-order valence-corrected chi connectivity index (χ2v) is 20.0. The lowest BCUT2D eigenvalue weighted by atomic mass is 9.96. The zero-order valence-electron chi connectivity index (χ0n) is 43.9. The number of amides is 1. The minimum absolute atomic E-state index is 0.112. The van der Waals surface area contributed by atoms with E-state index in [0.717, 1.165) is 25.7 Å². The van der Waals surface area contributed by atoms with Crippen LogP contribution in [-0.4, -0.2) is 193 Å². The molecule has 0 aromatic rings. The van der Waals surface area contributed by atoms with Gasteiger partial charge >= 0.3 is 0 Å². The number of nitrogens with one attached hydrogen (secondary N) is 1. The van der Waals surface area contributed by atoms with Gasteiger partial charge in [-0.3, -0.25) is 4.79 Å². The molecule has 17 unspecified atom stereocenters. The van der Waals surface area contributed by atoms with Crippen molar-refractivity contribution in [2.45, 2.75) is 272 Å². The third kappa shape index (κ3) is 23.7. The minimum atomic E-state index is -1.98. The summed E-state index contributed by atoms with van der Waals surface area (Å²) in [6.07, 6.45) is 14.6. The monoisotopic (exact) mass is 1050 g/mol. The predicted molar refractivity (Wildman–Crippen MR) is 272 cm³/mol. The fourth-order valence-corrected chi connectivity index (χ4v) is 9.30. The number of allylic oxidation sites excluding steroid dienone is 5. The van der Waals surface area contributed by atoms with Gasteiger partial charge in [-0.05, 0) is 38.5 Å². The molecule has 3 rings (SSSR count). The minimum Gasteiger partial charge on any atom is -0.394 e. The topological polar surface area (TPSA) is 307 Å². The number of hydrogen-bond acceptors (Lipinski definition) is 18. The van der Waals surface area contributed by atoms with Crippen LogP contribution in [0.4, 0.5) is 0 Å². The van der Waals surface area contributed by atoms with Crippen molar-refractivity contribution in [3.63, 3.8) is 0 Å². The number of aliphatic hydroxyl groups excluding tert-OH is 11. The van der Waals surface area contributed by atoms with Gasteiger partial charge in [-0.25, -0.2) is 0 Å². The number of aliphatic hydroxyl groups is 11. The Morgan fingerprint density at radius 2 is 0.863 bits per heavy atom. The van der Waals surface area contributed by atoms with E-state index in [-0.39, 0.29) is 18.9 Å². The molecule has 0 bridgehead atoms. The van der Waals surface area contributed by atoms with Crippen molar-refractivity contribution >= 4 is 5.91 Å². The fourth-order valence-electron chi connectivity index (χ4n) is 9.30. The van der Waals surface area contributed by atoms with Crippen molar-refractivity contribution in [3.8, 4) is 0 Å². The molecule has 0 saturated carbocycles. The second-order valence-electron chi connectivity index (χ2n) is 20.0. The Morgan fingerprint density at radius 1 is 0.479 bits per heavy atom. The molecule has 3 aliphatic rings. The molecular weight excluding hydrogens is 951 g/mol. The average molecular weight is 1050 g/mol. The van der Waals surface area contributed by atoms with Crippen molar-refractivity contribution in [1.29, 1.82) is 0 Å². The average Bonchev–Trinajstić information content (AvgIpc) is 3.39. The number of carbonyl (C=O) groups excluding carboxylic acids is 1. The molecule has 0 spiro atoms. The van der Waals surface area contributed by atoms with Gasteiger partial charge in [-0.15, -0.1) is 0 Å². The standard InChI is InChI=1S/C54H97NO18/c1-3-5-6-7-8-9-10-11-12-13-14-15-16-17-18-19-20-21-22-23-24-25-26-27-28-29-30-31-32-38(59)37(55-42(60)4-2)36-68-52-48(66)45(63)50(40(34-57)70-52)73-54-49(67)46(64)51(41(35-58)71-54)72-53-47(65)44(62)43(61)39(33-56)69-53/h23-24,27-28,31-32,37-41,43-54,56-59,61-67H,3-22,25-26,29-30,33-36H2,1-2H3,(H,55,60)/b24-23+,28-27+,32-31+. The van der Waals surface area contributed by atoms with Crippen molar-refractivity contribution in [1.82, 2.24) is 5.32 Å². The number of hydrogen-bond donors (Lipinski definition) is 12. The maximum absolute atomic E-state index is 12.4. The van der Waals surface area contributed by atoms with Gasteiger partial charge in [0, 0.05) is 6.42 Å². The number of ether oxygens (including phenoxy) is 6. The molecule has 0 aromatic heterocycles. The normalized spacial score (nSPS) is 32.0. The lowest BCUT2D eigenvalue weighted by Gasteiger charge is -2.48. The molecule has 0 aliphatic carbocycles. The molecule has 19 nitrogen and oxygen atoms in total. The molecule has 0 radical (unpaired) electrons. The van der Waals surface area contributed by atoms with Crippen LogP contribution in [0.3, 0.4) is 0 Å². The molecule has 3 heterocycles. The summed E-state index contributed by atoms with van der Waals surface area (Å²) in [5.41, 5.74) is 0. The number of unbranched alkanes of at least 4 members (excludes halogenated alkanes) is 20. The summed E-state index contributed by atoms with van der Waals surface area (Å²) in [4.78, 5) is 12.4. The smallest absolute Gasteiger partial charge is 0.220 e. The van der Waals surface area contributed by atoms with Crippen molar-refractivity contribution in [2.75, 3.05) is 26.4 Å². The molecule has 19 heteroatoms. The fraction of sp³-hybridized carbons (Fsp3) is 0.870. The lowest BCUT2D eigenvalue weighted by molar-refractivity contribution is -0.379. The maximum atomic E-state index is 12.4. The first kappa shape index (κ1) is 65.3. The van der Waals surface area contributed by atoms with E-state index < -0.39 is 124 Å². The molecule has 3 aliphatic heterocycles. The zero-order valence-corrected chi connectivity index (χ0v) is 43.9. The maximum Gasteiger partial charge on any atom is 0.220 e. The first-order chi connectivity index (χ1) is 35.3. The van der Waals surface area contributed by atoms with Gasteiger partial charge in [-0.2, -0.15) is 0 Å². The van der Waals surface area contributed by atoms with E-state index in [1.165, 1.54) is 122 Å². The Labute approximate surface area is 434 Å². The molecule has 0 aromatic carbocycles. The summed E-state index contributed by atoms with van der Waals surface area (Å²) in [5, 5.41) is 118. The Kier molecular flexibility index (Phi) is 34.5.